The van der Waals surface area contributed by atoms with E-state index in [2.05, 4.69) is 15.5 Å². The van der Waals surface area contributed by atoms with Gasteiger partial charge in [-0.2, -0.15) is 5.10 Å². The second-order valence-corrected chi connectivity index (χ2v) is 5.11. The van der Waals surface area contributed by atoms with Crippen LogP contribution in [0.5, 0.6) is 0 Å². The van der Waals surface area contributed by atoms with Gasteiger partial charge in [0.15, 0.2) is 0 Å². The predicted molar refractivity (Wildman–Crippen MR) is 79.1 cm³/mol. The van der Waals surface area contributed by atoms with E-state index < -0.39 is 11.9 Å². The molecule has 6 N–H and O–H groups in total. The van der Waals surface area contributed by atoms with Crippen LogP contribution < -0.4 is 16.8 Å². The minimum Gasteiger partial charge on any atom is -0.462 e. The van der Waals surface area contributed by atoms with Crippen molar-refractivity contribution >= 4 is 33.9 Å². The second kappa shape index (κ2) is 6.27. The van der Waals surface area contributed by atoms with Crippen LogP contribution in [0, 0.1) is 0 Å². The standard InChI is InChI=1S/C12H15N5O3S/c1-2-20-12(19)7-8(13)9(10(14)18)21-11(7)15-3-6-4-16-17-5-6/h4-5,15H,2-3,13H2,1H3,(H2,14,18)(H,16,17). The highest BCUT2D eigenvalue weighted by Gasteiger charge is 2.25. The van der Waals surface area contributed by atoms with Gasteiger partial charge in [0.2, 0.25) is 0 Å². The number of thiophene rings is 1. The highest BCUT2D eigenvalue weighted by atomic mass is 32.1. The van der Waals surface area contributed by atoms with Crippen molar-refractivity contribution in [1.82, 2.24) is 10.2 Å². The van der Waals surface area contributed by atoms with E-state index in [1.807, 2.05) is 0 Å². The molecule has 21 heavy (non-hydrogen) atoms. The van der Waals surface area contributed by atoms with Crippen molar-refractivity contribution in [1.29, 1.82) is 0 Å². The van der Waals surface area contributed by atoms with Crippen LogP contribution >= 0.6 is 11.3 Å². The molecule has 0 aliphatic heterocycles. The van der Waals surface area contributed by atoms with Gasteiger partial charge < -0.3 is 21.5 Å². The highest BCUT2D eigenvalue weighted by molar-refractivity contribution is 7.19. The first kappa shape index (κ1) is 14.9. The Morgan fingerprint density at radius 2 is 2.29 bits per heavy atom. The lowest BCUT2D eigenvalue weighted by molar-refractivity contribution is 0.0529. The third-order valence-corrected chi connectivity index (χ3v) is 3.83. The summed E-state index contributed by atoms with van der Waals surface area (Å²) in [6.07, 6.45) is 3.35. The summed E-state index contributed by atoms with van der Waals surface area (Å²) >= 11 is 1.03. The number of esters is 1. The number of carbonyl (C=O) groups is 2. The Morgan fingerprint density at radius 1 is 1.52 bits per heavy atom. The lowest BCUT2D eigenvalue weighted by atomic mass is 10.2. The Labute approximate surface area is 124 Å². The summed E-state index contributed by atoms with van der Waals surface area (Å²) in [4.78, 5) is 23.5. The number of carbonyl (C=O) groups excluding carboxylic acids is 2. The van der Waals surface area contributed by atoms with E-state index in [4.69, 9.17) is 16.2 Å². The summed E-state index contributed by atoms with van der Waals surface area (Å²) < 4.78 is 4.96. The number of amides is 1. The zero-order chi connectivity index (χ0) is 15.4. The lowest BCUT2D eigenvalue weighted by Crippen LogP contribution is -2.13. The van der Waals surface area contributed by atoms with Gasteiger partial charge in [-0.3, -0.25) is 9.89 Å². The number of aromatic nitrogens is 2. The second-order valence-electron chi connectivity index (χ2n) is 4.09. The fourth-order valence-corrected chi connectivity index (χ4v) is 2.67. The number of rotatable bonds is 6. The number of hydrogen-bond acceptors (Lipinski definition) is 7. The molecule has 0 radical (unpaired) electrons. The molecule has 1 amide bonds. The molecular weight excluding hydrogens is 294 g/mol. The number of aromatic amines is 1. The maximum absolute atomic E-state index is 12.0. The van der Waals surface area contributed by atoms with E-state index in [0.717, 1.165) is 16.9 Å². The van der Waals surface area contributed by atoms with Crippen LogP contribution in [0.25, 0.3) is 0 Å². The average molecular weight is 309 g/mol. The molecule has 2 rings (SSSR count). The molecular formula is C12H15N5O3S. The Balaban J connectivity index is 2.31. The Hall–Kier alpha value is -2.55. The SMILES string of the molecule is CCOC(=O)c1c(NCc2cn[nH]c2)sc(C(N)=O)c1N. The number of nitrogen functional groups attached to an aromatic ring is 1. The molecule has 9 heteroatoms. The van der Waals surface area contributed by atoms with E-state index >= 15 is 0 Å². The molecule has 0 aliphatic carbocycles. The number of ether oxygens (including phenoxy) is 1. The number of nitrogens with one attached hydrogen (secondary N) is 2. The summed E-state index contributed by atoms with van der Waals surface area (Å²) in [6.45, 7) is 2.32. The maximum Gasteiger partial charge on any atom is 0.343 e. The summed E-state index contributed by atoms with van der Waals surface area (Å²) in [5.41, 5.74) is 12.2. The van der Waals surface area contributed by atoms with Crippen LogP contribution in [0.1, 0.15) is 32.5 Å². The molecule has 0 saturated carbocycles. The third-order valence-electron chi connectivity index (χ3n) is 2.66. The summed E-state index contributed by atoms with van der Waals surface area (Å²) in [5.74, 6) is -1.27. The smallest absolute Gasteiger partial charge is 0.343 e. The third kappa shape index (κ3) is 3.14. The van der Waals surface area contributed by atoms with Gasteiger partial charge in [0.25, 0.3) is 5.91 Å². The molecule has 0 bridgehead atoms. The molecule has 0 aliphatic rings. The van der Waals surface area contributed by atoms with E-state index in [0.29, 0.717) is 11.5 Å². The van der Waals surface area contributed by atoms with Crippen LogP contribution in [0.2, 0.25) is 0 Å². The van der Waals surface area contributed by atoms with Crippen molar-refractivity contribution in [3.05, 3.63) is 28.4 Å². The van der Waals surface area contributed by atoms with Gasteiger partial charge in [-0.05, 0) is 6.92 Å². The zero-order valence-electron chi connectivity index (χ0n) is 11.3. The summed E-state index contributed by atoms with van der Waals surface area (Å²) in [6, 6.07) is 0. The van der Waals surface area contributed by atoms with E-state index in [9.17, 15) is 9.59 Å². The Kier molecular flexibility index (Phi) is 4.43. The molecule has 8 nitrogen and oxygen atoms in total. The number of H-pyrrole nitrogens is 1. The zero-order valence-corrected chi connectivity index (χ0v) is 12.1. The van der Waals surface area contributed by atoms with Crippen molar-refractivity contribution in [2.75, 3.05) is 17.7 Å². The predicted octanol–water partition coefficient (Wildman–Crippen LogP) is 0.941. The quantitative estimate of drug-likeness (QED) is 0.586. The molecule has 0 unspecified atom stereocenters. The van der Waals surface area contributed by atoms with E-state index in [1.165, 1.54) is 0 Å². The van der Waals surface area contributed by atoms with Gasteiger partial charge in [-0.1, -0.05) is 0 Å². The summed E-state index contributed by atoms with van der Waals surface area (Å²) in [7, 11) is 0. The number of hydrogen-bond donors (Lipinski definition) is 4. The first-order valence-electron chi connectivity index (χ1n) is 6.15. The van der Waals surface area contributed by atoms with Crippen LogP contribution in [-0.4, -0.2) is 28.7 Å². The van der Waals surface area contributed by atoms with Crippen molar-refractivity contribution in [3.8, 4) is 0 Å². The number of anilines is 2. The van der Waals surface area contributed by atoms with Crippen LogP contribution in [0.3, 0.4) is 0 Å². The molecule has 0 fully saturated rings. The van der Waals surface area contributed by atoms with Gasteiger partial charge in [-0.15, -0.1) is 11.3 Å². The first-order valence-corrected chi connectivity index (χ1v) is 6.97. The Bertz CT molecular complexity index is 650. The lowest BCUT2D eigenvalue weighted by Gasteiger charge is -2.06. The van der Waals surface area contributed by atoms with Gasteiger partial charge >= 0.3 is 5.97 Å². The van der Waals surface area contributed by atoms with Crippen molar-refractivity contribution in [2.24, 2.45) is 5.73 Å². The first-order chi connectivity index (χ1) is 10.0. The van der Waals surface area contributed by atoms with Crippen molar-refractivity contribution < 1.29 is 14.3 Å². The van der Waals surface area contributed by atoms with E-state index in [-0.39, 0.29) is 22.7 Å². The van der Waals surface area contributed by atoms with Crippen LogP contribution in [-0.2, 0) is 11.3 Å². The van der Waals surface area contributed by atoms with Crippen molar-refractivity contribution in [2.45, 2.75) is 13.5 Å². The average Bonchev–Trinajstić information content (AvgIpc) is 3.04. The topological polar surface area (TPSA) is 136 Å². The molecule has 0 saturated heterocycles. The van der Waals surface area contributed by atoms with Gasteiger partial charge in [0, 0.05) is 18.3 Å². The Morgan fingerprint density at radius 3 is 2.86 bits per heavy atom. The maximum atomic E-state index is 12.0. The minimum atomic E-state index is -0.681. The van der Waals surface area contributed by atoms with Gasteiger partial charge in [0.1, 0.15) is 15.4 Å². The molecule has 0 spiro atoms. The fraction of sp³-hybridized carbons (Fsp3) is 0.250. The molecule has 2 heterocycles. The fourth-order valence-electron chi connectivity index (χ4n) is 1.71. The molecule has 2 aromatic rings. The number of primary amides is 1. The monoisotopic (exact) mass is 309 g/mol. The minimum absolute atomic E-state index is 0.0423. The van der Waals surface area contributed by atoms with Crippen LogP contribution in [0.4, 0.5) is 10.7 Å². The number of nitrogens with two attached hydrogens (primary N) is 2. The molecule has 2 aromatic heterocycles. The van der Waals surface area contributed by atoms with E-state index in [1.54, 1.807) is 19.3 Å². The van der Waals surface area contributed by atoms with Gasteiger partial charge in [0.05, 0.1) is 18.5 Å². The van der Waals surface area contributed by atoms with Crippen molar-refractivity contribution in [3.63, 3.8) is 0 Å². The normalized spacial score (nSPS) is 10.3. The number of nitrogens with zero attached hydrogens (tertiary/aromatic N) is 1. The van der Waals surface area contributed by atoms with Crippen LogP contribution in [0.15, 0.2) is 12.4 Å². The summed E-state index contributed by atoms with van der Waals surface area (Å²) in [5, 5.41) is 9.99. The molecule has 112 valence electrons. The highest BCUT2D eigenvalue weighted by Crippen LogP contribution is 2.36. The molecule has 0 aromatic carbocycles. The molecule has 0 atom stereocenters. The van der Waals surface area contributed by atoms with Gasteiger partial charge in [-0.25, -0.2) is 4.79 Å². The largest absolute Gasteiger partial charge is 0.462 e.